The standard InChI is InChI=1S/C16H19O2/c1-12(17)14-11-15(14)16(2,9-10-18-3)13-7-5-4-6-8-13/h4-8,11H,9-10H2,1-3H3. The summed E-state index contributed by atoms with van der Waals surface area (Å²) in [6.45, 7) is 4.50. The third-order valence-electron chi connectivity index (χ3n) is 3.69. The molecule has 18 heavy (non-hydrogen) atoms. The van der Waals surface area contributed by atoms with Crippen molar-refractivity contribution in [3.05, 3.63) is 53.5 Å². The highest BCUT2D eigenvalue weighted by Crippen LogP contribution is 2.48. The van der Waals surface area contributed by atoms with Crippen LogP contribution in [0.4, 0.5) is 0 Å². The summed E-state index contributed by atoms with van der Waals surface area (Å²) in [5, 5.41) is 0. The lowest BCUT2D eigenvalue weighted by molar-refractivity contribution is -0.113. The lowest BCUT2D eigenvalue weighted by Crippen LogP contribution is -2.23. The lowest BCUT2D eigenvalue weighted by Gasteiger charge is -2.28. The van der Waals surface area contributed by atoms with E-state index in [1.54, 1.807) is 14.0 Å². The van der Waals surface area contributed by atoms with Crippen LogP contribution in [0.5, 0.6) is 0 Å². The topological polar surface area (TPSA) is 26.3 Å². The molecule has 0 aromatic heterocycles. The maximum atomic E-state index is 11.4. The number of Topliss-reactive ketones (excluding diaryl/α,β-unsaturated/α-hetero) is 1. The zero-order chi connectivity index (χ0) is 13.2. The lowest BCUT2D eigenvalue weighted by atomic mass is 9.77. The molecule has 0 heterocycles. The number of rotatable bonds is 6. The molecule has 0 bridgehead atoms. The van der Waals surface area contributed by atoms with Gasteiger partial charge >= 0.3 is 0 Å². The van der Waals surface area contributed by atoms with Crippen molar-refractivity contribution in [2.24, 2.45) is 0 Å². The molecule has 0 N–H and O–H groups in total. The summed E-state index contributed by atoms with van der Waals surface area (Å²) in [6.07, 6.45) is 2.89. The molecule has 0 saturated carbocycles. The number of methoxy groups -OCH3 is 1. The first-order chi connectivity index (χ1) is 8.59. The minimum atomic E-state index is -0.113. The van der Waals surface area contributed by atoms with E-state index in [9.17, 15) is 4.79 Å². The molecule has 0 amide bonds. The van der Waals surface area contributed by atoms with Gasteiger partial charge in [0.2, 0.25) is 0 Å². The highest BCUT2D eigenvalue weighted by atomic mass is 16.5. The average Bonchev–Trinajstić information content (AvgIpc) is 3.18. The third-order valence-corrected chi connectivity index (χ3v) is 3.69. The zero-order valence-corrected chi connectivity index (χ0v) is 11.2. The van der Waals surface area contributed by atoms with Crippen LogP contribution in [0, 0.1) is 6.42 Å². The van der Waals surface area contributed by atoms with Crippen molar-refractivity contribution in [2.45, 2.75) is 25.7 Å². The molecule has 1 aromatic carbocycles. The molecule has 0 aliphatic heterocycles. The van der Waals surface area contributed by atoms with E-state index in [1.165, 1.54) is 11.1 Å². The zero-order valence-electron chi connectivity index (χ0n) is 11.2. The average molecular weight is 243 g/mol. The molecule has 1 aliphatic carbocycles. The number of benzene rings is 1. The van der Waals surface area contributed by atoms with Gasteiger partial charge in [0.1, 0.15) is 0 Å². The Labute approximate surface area is 109 Å². The van der Waals surface area contributed by atoms with Crippen molar-refractivity contribution in [3.63, 3.8) is 0 Å². The fourth-order valence-electron chi connectivity index (χ4n) is 2.40. The minimum Gasteiger partial charge on any atom is -0.385 e. The van der Waals surface area contributed by atoms with E-state index >= 15 is 0 Å². The van der Waals surface area contributed by atoms with E-state index in [2.05, 4.69) is 19.1 Å². The minimum absolute atomic E-state index is 0.113. The Morgan fingerprint density at radius 1 is 1.28 bits per heavy atom. The van der Waals surface area contributed by atoms with Crippen LogP contribution in [0.1, 0.15) is 25.8 Å². The first-order valence-electron chi connectivity index (χ1n) is 6.24. The number of hydrogen-bond donors (Lipinski definition) is 0. The quantitative estimate of drug-likeness (QED) is 0.767. The van der Waals surface area contributed by atoms with Crippen molar-refractivity contribution in [1.82, 2.24) is 0 Å². The maximum Gasteiger partial charge on any atom is 0.156 e. The summed E-state index contributed by atoms with van der Waals surface area (Å²) >= 11 is 0. The third kappa shape index (κ3) is 2.39. The Balaban J connectivity index is 2.34. The van der Waals surface area contributed by atoms with Crippen molar-refractivity contribution >= 4 is 5.78 Å². The number of ether oxygens (including phenoxy) is 1. The number of carbonyl (C=O) groups is 1. The monoisotopic (exact) mass is 243 g/mol. The SMILES string of the molecule is COCCC(C)(C1=C(C(C)=O)[CH]1)c1ccccc1. The van der Waals surface area contributed by atoms with Gasteiger partial charge in [-0.1, -0.05) is 37.3 Å². The van der Waals surface area contributed by atoms with E-state index in [1.807, 2.05) is 24.6 Å². The smallest absolute Gasteiger partial charge is 0.156 e. The van der Waals surface area contributed by atoms with Gasteiger partial charge in [-0.25, -0.2) is 0 Å². The number of hydrogen-bond acceptors (Lipinski definition) is 2. The molecule has 2 rings (SSSR count). The summed E-state index contributed by atoms with van der Waals surface area (Å²) in [7, 11) is 1.71. The Hall–Kier alpha value is -1.41. The van der Waals surface area contributed by atoms with Gasteiger partial charge in [0.05, 0.1) is 0 Å². The molecular formula is C16H19O2. The molecule has 1 unspecified atom stereocenters. The molecule has 1 aliphatic rings. The maximum absolute atomic E-state index is 11.4. The first kappa shape index (κ1) is 13.0. The van der Waals surface area contributed by atoms with Gasteiger partial charge in [-0.15, -0.1) is 0 Å². The van der Waals surface area contributed by atoms with Gasteiger partial charge in [0, 0.05) is 31.1 Å². The summed E-state index contributed by atoms with van der Waals surface area (Å²) in [5.74, 6) is 0.157. The van der Waals surface area contributed by atoms with Crippen LogP contribution in [0.3, 0.4) is 0 Å². The Bertz CT molecular complexity index is 473. The highest BCUT2D eigenvalue weighted by molar-refractivity contribution is 6.04. The predicted molar refractivity (Wildman–Crippen MR) is 72.3 cm³/mol. The predicted octanol–water partition coefficient (Wildman–Crippen LogP) is 3.08. The summed E-state index contributed by atoms with van der Waals surface area (Å²) in [4.78, 5) is 11.4. The van der Waals surface area contributed by atoms with E-state index in [0.717, 1.165) is 12.0 Å². The first-order valence-corrected chi connectivity index (χ1v) is 6.24. The molecule has 1 atom stereocenters. The number of carbonyl (C=O) groups excluding carboxylic acids is 1. The number of ketones is 1. The van der Waals surface area contributed by atoms with E-state index in [4.69, 9.17) is 4.74 Å². The van der Waals surface area contributed by atoms with Gasteiger partial charge in [-0.05, 0) is 24.5 Å². The van der Waals surface area contributed by atoms with Crippen LogP contribution >= 0.6 is 0 Å². The Kier molecular flexibility index (Phi) is 3.67. The highest BCUT2D eigenvalue weighted by Gasteiger charge is 2.41. The Morgan fingerprint density at radius 3 is 2.44 bits per heavy atom. The molecule has 1 radical (unpaired) electrons. The second kappa shape index (κ2) is 5.07. The van der Waals surface area contributed by atoms with E-state index in [0.29, 0.717) is 6.61 Å². The molecule has 2 nitrogen and oxygen atoms in total. The van der Waals surface area contributed by atoms with Crippen LogP contribution in [0.15, 0.2) is 41.5 Å². The molecular weight excluding hydrogens is 224 g/mol. The van der Waals surface area contributed by atoms with Crippen molar-refractivity contribution in [1.29, 1.82) is 0 Å². The summed E-state index contributed by atoms with van der Waals surface area (Å²) in [5.41, 5.74) is 3.18. The molecule has 1 aromatic rings. The van der Waals surface area contributed by atoms with Gasteiger partial charge < -0.3 is 4.74 Å². The van der Waals surface area contributed by atoms with Crippen molar-refractivity contribution in [3.8, 4) is 0 Å². The van der Waals surface area contributed by atoms with Crippen LogP contribution in [0.2, 0.25) is 0 Å². The van der Waals surface area contributed by atoms with Crippen LogP contribution < -0.4 is 0 Å². The second-order valence-corrected chi connectivity index (χ2v) is 4.97. The van der Waals surface area contributed by atoms with Gasteiger partial charge in [0.25, 0.3) is 0 Å². The Morgan fingerprint density at radius 2 is 1.94 bits per heavy atom. The van der Waals surface area contributed by atoms with Crippen LogP contribution in [-0.4, -0.2) is 19.5 Å². The molecule has 2 heteroatoms. The van der Waals surface area contributed by atoms with Crippen molar-refractivity contribution in [2.75, 3.05) is 13.7 Å². The van der Waals surface area contributed by atoms with Crippen LogP contribution in [0.25, 0.3) is 0 Å². The largest absolute Gasteiger partial charge is 0.385 e. The normalized spacial score (nSPS) is 17.5. The molecule has 0 fully saturated rings. The fourth-order valence-corrected chi connectivity index (χ4v) is 2.40. The summed E-state index contributed by atoms with van der Waals surface area (Å²) < 4.78 is 5.21. The van der Waals surface area contributed by atoms with E-state index in [-0.39, 0.29) is 11.2 Å². The van der Waals surface area contributed by atoms with Gasteiger partial charge in [-0.2, -0.15) is 0 Å². The summed E-state index contributed by atoms with van der Waals surface area (Å²) in [6, 6.07) is 10.3. The molecule has 95 valence electrons. The van der Waals surface area contributed by atoms with E-state index < -0.39 is 0 Å². The molecule has 0 saturated heterocycles. The second-order valence-electron chi connectivity index (χ2n) is 4.97. The molecule has 0 spiro atoms. The van der Waals surface area contributed by atoms with Crippen molar-refractivity contribution < 1.29 is 9.53 Å². The fraction of sp³-hybridized carbons (Fsp3) is 0.375. The van der Waals surface area contributed by atoms with Gasteiger partial charge in [-0.3, -0.25) is 4.79 Å². The number of allylic oxidation sites excluding steroid dienone is 2. The van der Waals surface area contributed by atoms with Gasteiger partial charge in [0.15, 0.2) is 5.78 Å². The van der Waals surface area contributed by atoms with Crippen LogP contribution in [-0.2, 0) is 14.9 Å².